The Morgan fingerprint density at radius 1 is 0.783 bits per heavy atom. The molecule has 1 aliphatic rings. The third kappa shape index (κ3) is 3.68. The molecule has 1 radical (unpaired) electrons. The first-order valence-electron chi connectivity index (χ1n) is 7.59. The van der Waals surface area contributed by atoms with Gasteiger partial charge in [-0.1, -0.05) is 62.4 Å². The van der Waals surface area contributed by atoms with Gasteiger partial charge in [-0.25, -0.2) is 0 Å². The predicted molar refractivity (Wildman–Crippen MR) is 100 cm³/mol. The first-order chi connectivity index (χ1) is 10.3. The maximum absolute atomic E-state index is 2.31. The van der Waals surface area contributed by atoms with Gasteiger partial charge in [-0.3, -0.25) is 0 Å². The molecule has 0 aliphatic heterocycles. The minimum absolute atomic E-state index is 0. The Kier molecular flexibility index (Phi) is 7.87. The van der Waals surface area contributed by atoms with E-state index in [1.165, 1.54) is 38.3 Å². The molecule has 4 rings (SSSR count). The minimum atomic E-state index is 0. The molecule has 0 spiro atoms. The van der Waals surface area contributed by atoms with Gasteiger partial charge in [0.25, 0.3) is 0 Å². The summed E-state index contributed by atoms with van der Waals surface area (Å²) in [6.07, 6.45) is 1.03. The molecule has 3 aromatic rings. The van der Waals surface area contributed by atoms with Crippen LogP contribution in [0.4, 0.5) is 0 Å². The van der Waals surface area contributed by atoms with Crippen LogP contribution in [-0.4, -0.2) is 0 Å². The largest absolute Gasteiger partial charge is 0.358 e. The van der Waals surface area contributed by atoms with Crippen LogP contribution in [0.3, 0.4) is 0 Å². The number of benzene rings is 2. The fraction of sp³-hybridized carbons (Fsp3) is 0.190. The average Bonchev–Trinajstić information content (AvgIpc) is 2.85. The molecular formula is C21H23SY-. The van der Waals surface area contributed by atoms with Crippen molar-refractivity contribution < 1.29 is 32.7 Å². The van der Waals surface area contributed by atoms with Gasteiger partial charge in [0.2, 0.25) is 0 Å². The van der Waals surface area contributed by atoms with Gasteiger partial charge in [0.05, 0.1) is 0 Å². The van der Waals surface area contributed by atoms with Crippen molar-refractivity contribution in [3.05, 3.63) is 77.3 Å². The van der Waals surface area contributed by atoms with Crippen LogP contribution in [0.5, 0.6) is 0 Å². The van der Waals surface area contributed by atoms with Crippen molar-refractivity contribution in [1.29, 1.82) is 0 Å². The van der Waals surface area contributed by atoms with Crippen molar-refractivity contribution in [2.75, 3.05) is 0 Å². The quantitative estimate of drug-likeness (QED) is 0.288. The van der Waals surface area contributed by atoms with E-state index >= 15 is 0 Å². The SMILES string of the molecule is CC.Cc1scc2c1-c1ccccc1Cc1ccccc1-2.[CH3-].[Y]. The van der Waals surface area contributed by atoms with E-state index in [4.69, 9.17) is 0 Å². The van der Waals surface area contributed by atoms with Crippen LogP contribution >= 0.6 is 11.3 Å². The summed E-state index contributed by atoms with van der Waals surface area (Å²) in [6, 6.07) is 17.6. The van der Waals surface area contributed by atoms with E-state index in [0.29, 0.717) is 0 Å². The summed E-state index contributed by atoms with van der Waals surface area (Å²) in [4.78, 5) is 1.42. The predicted octanol–water partition coefficient (Wildman–Crippen LogP) is 6.77. The van der Waals surface area contributed by atoms with Crippen LogP contribution < -0.4 is 0 Å². The van der Waals surface area contributed by atoms with E-state index in [0.717, 1.165) is 6.42 Å². The summed E-state index contributed by atoms with van der Waals surface area (Å²) in [5, 5.41) is 2.31. The minimum Gasteiger partial charge on any atom is -0.358 e. The van der Waals surface area contributed by atoms with Gasteiger partial charge in [0, 0.05) is 48.7 Å². The van der Waals surface area contributed by atoms with Crippen molar-refractivity contribution in [3.8, 4) is 22.3 Å². The maximum atomic E-state index is 2.31. The smallest absolute Gasteiger partial charge is 0.00991 e. The second kappa shape index (κ2) is 8.92. The summed E-state index contributed by atoms with van der Waals surface area (Å²) in [6.45, 7) is 6.23. The standard InChI is InChI=1S/C18H14S.C2H6.CH3.Y/c1-12-18-16-9-5-3-7-14(16)10-13-6-2-4-8-15(13)17(18)11-19-12;1-2;;/h2-9,11H,10H2,1H3;1-2H3;1H3;/q;;-1;. The van der Waals surface area contributed by atoms with Crippen molar-refractivity contribution in [2.24, 2.45) is 0 Å². The number of rotatable bonds is 0. The average molecular weight is 396 g/mol. The van der Waals surface area contributed by atoms with E-state index in [1.54, 1.807) is 0 Å². The molecule has 0 saturated carbocycles. The van der Waals surface area contributed by atoms with Gasteiger partial charge in [0.1, 0.15) is 0 Å². The van der Waals surface area contributed by atoms with Crippen LogP contribution in [0.2, 0.25) is 0 Å². The van der Waals surface area contributed by atoms with Gasteiger partial charge in [-0.05, 0) is 41.0 Å². The number of aryl methyl sites for hydroxylation is 1. The summed E-state index contributed by atoms with van der Waals surface area (Å²) < 4.78 is 0. The second-order valence-electron chi connectivity index (χ2n) is 5.07. The Balaban J connectivity index is 0.000000638. The fourth-order valence-electron chi connectivity index (χ4n) is 3.05. The number of thiophene rings is 1. The zero-order chi connectivity index (χ0) is 14.8. The van der Waals surface area contributed by atoms with Crippen molar-refractivity contribution in [3.63, 3.8) is 0 Å². The van der Waals surface area contributed by atoms with Gasteiger partial charge in [0.15, 0.2) is 0 Å². The van der Waals surface area contributed by atoms with Gasteiger partial charge >= 0.3 is 0 Å². The topological polar surface area (TPSA) is 0 Å². The van der Waals surface area contributed by atoms with E-state index in [2.05, 4.69) is 60.8 Å². The first-order valence-corrected chi connectivity index (χ1v) is 8.47. The monoisotopic (exact) mass is 396 g/mol. The summed E-state index contributed by atoms with van der Waals surface area (Å²) >= 11 is 1.86. The molecule has 1 aromatic heterocycles. The Bertz CT molecular complexity index is 771. The Morgan fingerprint density at radius 2 is 1.30 bits per heavy atom. The molecule has 0 atom stereocenters. The number of hydrogen-bond donors (Lipinski definition) is 0. The Hall–Kier alpha value is -0.756. The van der Waals surface area contributed by atoms with Crippen molar-refractivity contribution in [1.82, 2.24) is 0 Å². The molecule has 1 aliphatic carbocycles. The van der Waals surface area contributed by atoms with E-state index in [-0.39, 0.29) is 40.1 Å². The zero-order valence-corrected chi connectivity index (χ0v) is 18.0. The molecule has 0 saturated heterocycles. The van der Waals surface area contributed by atoms with Crippen LogP contribution in [0, 0.1) is 14.4 Å². The van der Waals surface area contributed by atoms with E-state index in [9.17, 15) is 0 Å². The molecule has 0 bridgehead atoms. The molecular weight excluding hydrogens is 373 g/mol. The van der Waals surface area contributed by atoms with E-state index in [1.807, 2.05) is 25.2 Å². The maximum Gasteiger partial charge on any atom is 0.00991 e. The molecule has 0 nitrogen and oxygen atoms in total. The molecule has 0 fully saturated rings. The van der Waals surface area contributed by atoms with Gasteiger partial charge < -0.3 is 7.43 Å². The molecule has 2 heteroatoms. The third-order valence-corrected chi connectivity index (χ3v) is 4.86. The van der Waals surface area contributed by atoms with Crippen LogP contribution in [0.15, 0.2) is 53.9 Å². The number of fused-ring (bicyclic) bond motifs is 5. The molecule has 2 aromatic carbocycles. The molecule has 23 heavy (non-hydrogen) atoms. The summed E-state index contributed by atoms with van der Waals surface area (Å²) in [7, 11) is 0. The van der Waals surface area contributed by atoms with Crippen LogP contribution in [-0.2, 0) is 39.1 Å². The molecule has 0 unspecified atom stereocenters. The van der Waals surface area contributed by atoms with Gasteiger partial charge in [-0.15, -0.1) is 11.3 Å². The molecule has 117 valence electrons. The van der Waals surface area contributed by atoms with Crippen LogP contribution in [0.1, 0.15) is 29.9 Å². The van der Waals surface area contributed by atoms with Crippen molar-refractivity contribution in [2.45, 2.75) is 27.2 Å². The molecule has 0 amide bonds. The second-order valence-corrected chi connectivity index (χ2v) is 6.16. The third-order valence-electron chi connectivity index (χ3n) is 3.95. The van der Waals surface area contributed by atoms with Crippen LogP contribution in [0.25, 0.3) is 22.3 Å². The van der Waals surface area contributed by atoms with Crippen molar-refractivity contribution >= 4 is 11.3 Å². The zero-order valence-electron chi connectivity index (χ0n) is 14.4. The van der Waals surface area contributed by atoms with E-state index < -0.39 is 0 Å². The fourth-order valence-corrected chi connectivity index (χ4v) is 3.93. The Morgan fingerprint density at radius 3 is 1.96 bits per heavy atom. The molecule has 1 heterocycles. The van der Waals surface area contributed by atoms with Gasteiger partial charge in [-0.2, -0.15) is 0 Å². The summed E-state index contributed by atoms with van der Waals surface area (Å²) in [5.41, 5.74) is 8.53. The first kappa shape index (κ1) is 20.3. The normalized spacial score (nSPS) is 10.4. The number of hydrogen-bond acceptors (Lipinski definition) is 1. The molecule has 0 N–H and O–H groups in total. The Labute approximate surface area is 169 Å². The summed E-state index contributed by atoms with van der Waals surface area (Å²) in [5.74, 6) is 0.